The molecule has 1 aliphatic rings. The highest BCUT2D eigenvalue weighted by atomic mass is 35.5. The van der Waals surface area contributed by atoms with E-state index in [0.717, 1.165) is 12.8 Å². The molecule has 0 aliphatic heterocycles. The Hall–Kier alpha value is -0.0100. The van der Waals surface area contributed by atoms with Gasteiger partial charge in [0.05, 0.1) is 5.75 Å². The lowest BCUT2D eigenvalue weighted by molar-refractivity contribution is -0.134. The van der Waals surface area contributed by atoms with E-state index >= 15 is 0 Å². The molecule has 0 radical (unpaired) electrons. The molecule has 1 saturated carbocycles. The van der Waals surface area contributed by atoms with E-state index in [1.54, 1.807) is 0 Å². The van der Waals surface area contributed by atoms with Gasteiger partial charge in [-0.1, -0.05) is 0 Å². The number of nitrogens with one attached hydrogen (secondary N) is 1. The Balaban J connectivity index is 2.21. The molecule has 0 spiro atoms. The van der Waals surface area contributed by atoms with Crippen LogP contribution in [0.25, 0.3) is 0 Å². The third kappa shape index (κ3) is 7.10. The van der Waals surface area contributed by atoms with Crippen LogP contribution in [0, 0.1) is 5.92 Å². The van der Waals surface area contributed by atoms with Crippen molar-refractivity contribution in [1.82, 2.24) is 4.72 Å². The van der Waals surface area contributed by atoms with Crippen molar-refractivity contribution < 1.29 is 21.6 Å². The van der Waals surface area contributed by atoms with Crippen molar-refractivity contribution in [3.63, 3.8) is 0 Å². The first-order chi connectivity index (χ1) is 7.70. The Morgan fingerprint density at radius 3 is 2.41 bits per heavy atom. The highest BCUT2D eigenvalue weighted by Gasteiger charge is 2.31. The Morgan fingerprint density at radius 2 is 1.94 bits per heavy atom. The van der Waals surface area contributed by atoms with E-state index < -0.39 is 34.8 Å². The highest BCUT2D eigenvalue weighted by Crippen LogP contribution is 2.35. The van der Waals surface area contributed by atoms with Gasteiger partial charge in [0, 0.05) is 18.3 Å². The van der Waals surface area contributed by atoms with Gasteiger partial charge in [-0.05, 0) is 25.2 Å². The monoisotopic (exact) mass is 293 g/mol. The van der Waals surface area contributed by atoms with Crippen molar-refractivity contribution in [2.45, 2.75) is 37.2 Å². The van der Waals surface area contributed by atoms with Gasteiger partial charge in [0.2, 0.25) is 10.0 Å². The van der Waals surface area contributed by atoms with Crippen LogP contribution >= 0.6 is 11.6 Å². The predicted molar refractivity (Wildman–Crippen MR) is 59.4 cm³/mol. The number of sulfonamides is 1. The fraction of sp³-hybridized carbons (Fsp3) is 1.00. The second-order valence-corrected chi connectivity index (χ2v) is 6.73. The summed E-state index contributed by atoms with van der Waals surface area (Å²) in [6.45, 7) is 0.0978. The van der Waals surface area contributed by atoms with Gasteiger partial charge in [-0.25, -0.2) is 13.1 Å². The molecule has 1 N–H and O–H groups in total. The summed E-state index contributed by atoms with van der Waals surface area (Å²) >= 11 is 5.88. The highest BCUT2D eigenvalue weighted by molar-refractivity contribution is 7.89. The van der Waals surface area contributed by atoms with E-state index in [2.05, 4.69) is 4.72 Å². The molecular formula is C9H15ClF3NO2S. The van der Waals surface area contributed by atoms with Gasteiger partial charge in [0.1, 0.15) is 0 Å². The third-order valence-corrected chi connectivity index (χ3v) is 4.45. The number of rotatable bonds is 7. The molecule has 0 aromatic heterocycles. The smallest absolute Gasteiger partial charge is 0.214 e. The van der Waals surface area contributed by atoms with E-state index in [0.29, 0.717) is 5.92 Å². The second-order valence-electron chi connectivity index (χ2n) is 4.24. The van der Waals surface area contributed by atoms with E-state index in [9.17, 15) is 21.6 Å². The summed E-state index contributed by atoms with van der Waals surface area (Å²) in [5.41, 5.74) is 0. The average Bonchev–Trinajstić information content (AvgIpc) is 2.94. The molecule has 0 heterocycles. The van der Waals surface area contributed by atoms with Crippen LogP contribution in [0.15, 0.2) is 0 Å². The van der Waals surface area contributed by atoms with Crippen LogP contribution < -0.4 is 4.72 Å². The SMILES string of the molecule is O=S(=O)(CCCC(F)(F)F)NCC(Cl)C1CC1. The zero-order valence-corrected chi connectivity index (χ0v) is 10.7. The lowest BCUT2D eigenvalue weighted by Gasteiger charge is -2.11. The summed E-state index contributed by atoms with van der Waals surface area (Å²) in [5, 5.41) is -0.257. The quantitative estimate of drug-likeness (QED) is 0.732. The largest absolute Gasteiger partial charge is 0.389 e. The minimum absolute atomic E-state index is 0.0978. The summed E-state index contributed by atoms with van der Waals surface area (Å²) in [6.07, 6.45) is -3.83. The lowest BCUT2D eigenvalue weighted by atomic mass is 10.3. The van der Waals surface area contributed by atoms with Crippen LogP contribution in [0.3, 0.4) is 0 Å². The molecule has 0 aromatic rings. The molecule has 0 amide bonds. The van der Waals surface area contributed by atoms with Gasteiger partial charge < -0.3 is 0 Å². The van der Waals surface area contributed by atoms with Crippen molar-refractivity contribution >= 4 is 21.6 Å². The minimum atomic E-state index is -4.31. The molecule has 0 bridgehead atoms. The first-order valence-corrected chi connectivity index (χ1v) is 7.47. The summed E-state index contributed by atoms with van der Waals surface area (Å²) in [4.78, 5) is 0. The van der Waals surface area contributed by atoms with Gasteiger partial charge >= 0.3 is 6.18 Å². The van der Waals surface area contributed by atoms with E-state index in [4.69, 9.17) is 11.6 Å². The molecule has 1 rings (SSSR count). The van der Waals surface area contributed by atoms with Gasteiger partial charge in [-0.15, -0.1) is 11.6 Å². The zero-order valence-electron chi connectivity index (χ0n) is 9.13. The fourth-order valence-corrected chi connectivity index (χ4v) is 2.89. The number of hydrogen-bond donors (Lipinski definition) is 1. The van der Waals surface area contributed by atoms with E-state index in [-0.39, 0.29) is 11.9 Å². The molecule has 3 nitrogen and oxygen atoms in total. The number of halogens is 4. The average molecular weight is 294 g/mol. The fourth-order valence-electron chi connectivity index (χ4n) is 1.37. The molecule has 1 aliphatic carbocycles. The van der Waals surface area contributed by atoms with Gasteiger partial charge in [-0.2, -0.15) is 13.2 Å². The van der Waals surface area contributed by atoms with Crippen LogP contribution in [-0.2, 0) is 10.0 Å². The van der Waals surface area contributed by atoms with E-state index in [1.165, 1.54) is 0 Å². The topological polar surface area (TPSA) is 46.2 Å². The predicted octanol–water partition coefficient (Wildman–Crippen LogP) is 2.27. The molecule has 102 valence electrons. The number of hydrogen-bond acceptors (Lipinski definition) is 2. The molecule has 1 fully saturated rings. The summed E-state index contributed by atoms with van der Waals surface area (Å²) in [6, 6.07) is 0. The Morgan fingerprint density at radius 1 is 1.35 bits per heavy atom. The molecule has 17 heavy (non-hydrogen) atoms. The van der Waals surface area contributed by atoms with Crippen molar-refractivity contribution in [3.8, 4) is 0 Å². The van der Waals surface area contributed by atoms with Crippen LogP contribution in [0.2, 0.25) is 0 Å². The normalized spacial score (nSPS) is 19.3. The summed E-state index contributed by atoms with van der Waals surface area (Å²) in [7, 11) is -3.64. The molecule has 1 unspecified atom stereocenters. The minimum Gasteiger partial charge on any atom is -0.214 e. The maximum atomic E-state index is 11.8. The molecule has 1 atom stereocenters. The van der Waals surface area contributed by atoms with Crippen molar-refractivity contribution in [3.05, 3.63) is 0 Å². The molecule has 8 heteroatoms. The van der Waals surface area contributed by atoms with E-state index in [1.807, 2.05) is 0 Å². The summed E-state index contributed by atoms with van der Waals surface area (Å²) < 4.78 is 60.4. The van der Waals surface area contributed by atoms with Crippen molar-refractivity contribution in [1.29, 1.82) is 0 Å². The van der Waals surface area contributed by atoms with Crippen LogP contribution in [0.4, 0.5) is 13.2 Å². The Kier molecular flexibility index (Phi) is 5.09. The van der Waals surface area contributed by atoms with Gasteiger partial charge in [0.15, 0.2) is 0 Å². The zero-order chi connectivity index (χ0) is 13.1. The van der Waals surface area contributed by atoms with Crippen molar-refractivity contribution in [2.75, 3.05) is 12.3 Å². The first-order valence-electron chi connectivity index (χ1n) is 5.38. The Labute approximate surface area is 104 Å². The van der Waals surface area contributed by atoms with Crippen LogP contribution in [0.5, 0.6) is 0 Å². The van der Waals surface area contributed by atoms with Gasteiger partial charge in [-0.3, -0.25) is 0 Å². The lowest BCUT2D eigenvalue weighted by Crippen LogP contribution is -2.32. The van der Waals surface area contributed by atoms with Gasteiger partial charge in [0.25, 0.3) is 0 Å². The Bertz CT molecular complexity index is 341. The van der Waals surface area contributed by atoms with Crippen molar-refractivity contribution in [2.24, 2.45) is 5.92 Å². The molecule has 0 aromatic carbocycles. The van der Waals surface area contributed by atoms with Crippen LogP contribution in [0.1, 0.15) is 25.7 Å². The molecule has 0 saturated heterocycles. The van der Waals surface area contributed by atoms with Crippen LogP contribution in [-0.4, -0.2) is 32.3 Å². The standard InChI is InChI=1S/C9H15ClF3NO2S/c10-8(7-2-3-7)6-14-17(15,16)5-1-4-9(11,12)13/h7-8,14H,1-6H2. The molecular weight excluding hydrogens is 279 g/mol. The second kappa shape index (κ2) is 5.75. The first kappa shape index (κ1) is 15.0. The third-order valence-electron chi connectivity index (χ3n) is 2.51. The maximum Gasteiger partial charge on any atom is 0.389 e. The summed E-state index contributed by atoms with van der Waals surface area (Å²) in [5.74, 6) is -0.171. The maximum absolute atomic E-state index is 11.8. The number of alkyl halides is 4.